The number of benzene rings is 2. The first-order chi connectivity index (χ1) is 10.0. The fourth-order valence-corrected chi connectivity index (χ4v) is 1.59. The number of phenols is 1. The maximum absolute atomic E-state index is 11.0. The number of phenolic OH excluding ortho intramolecular Hbond substituents is 1. The highest BCUT2D eigenvalue weighted by atomic mass is 16.6. The van der Waals surface area contributed by atoms with Gasteiger partial charge in [-0.05, 0) is 24.3 Å². The molecule has 2 aromatic carbocycles. The predicted molar refractivity (Wildman–Crippen MR) is 76.3 cm³/mol. The van der Waals surface area contributed by atoms with Gasteiger partial charge in [-0.15, -0.1) is 10.2 Å². The summed E-state index contributed by atoms with van der Waals surface area (Å²) >= 11 is 0. The van der Waals surface area contributed by atoms with E-state index in [4.69, 9.17) is 10.5 Å². The normalized spacial score (nSPS) is 10.7. The first kappa shape index (κ1) is 14.3. The monoisotopic (exact) mass is 288 g/mol. The van der Waals surface area contributed by atoms with Gasteiger partial charge >= 0.3 is 0 Å². The molecule has 8 heteroatoms. The Morgan fingerprint density at radius 1 is 1.19 bits per heavy atom. The van der Waals surface area contributed by atoms with Gasteiger partial charge in [0.2, 0.25) is 0 Å². The van der Waals surface area contributed by atoms with E-state index >= 15 is 0 Å². The highest BCUT2D eigenvalue weighted by molar-refractivity contribution is 5.61. The van der Waals surface area contributed by atoms with Gasteiger partial charge < -0.3 is 15.6 Å². The molecule has 0 unspecified atom stereocenters. The van der Waals surface area contributed by atoms with Gasteiger partial charge in [0.15, 0.2) is 5.69 Å². The Balaban J connectivity index is 2.38. The molecule has 21 heavy (non-hydrogen) atoms. The molecule has 2 rings (SSSR count). The second kappa shape index (κ2) is 5.87. The molecule has 0 heterocycles. The summed E-state index contributed by atoms with van der Waals surface area (Å²) < 4.78 is 4.92. The van der Waals surface area contributed by atoms with Crippen molar-refractivity contribution < 1.29 is 14.8 Å². The average Bonchev–Trinajstić information content (AvgIpc) is 2.46. The van der Waals surface area contributed by atoms with Crippen LogP contribution < -0.4 is 10.5 Å². The summed E-state index contributed by atoms with van der Waals surface area (Å²) in [4.78, 5) is 10.4. The van der Waals surface area contributed by atoms with E-state index in [1.807, 2.05) is 0 Å². The van der Waals surface area contributed by atoms with Crippen molar-refractivity contribution in [2.45, 2.75) is 0 Å². The number of anilines is 1. The lowest BCUT2D eigenvalue weighted by Crippen LogP contribution is -1.90. The van der Waals surface area contributed by atoms with Gasteiger partial charge in [-0.3, -0.25) is 10.1 Å². The van der Waals surface area contributed by atoms with Crippen molar-refractivity contribution in [2.24, 2.45) is 10.2 Å². The molecule has 0 aliphatic heterocycles. The number of nitrogen functional groups attached to an aromatic ring is 1. The van der Waals surface area contributed by atoms with Gasteiger partial charge in [-0.25, -0.2) is 0 Å². The molecule has 3 N–H and O–H groups in total. The molecule has 0 spiro atoms. The molecule has 0 amide bonds. The van der Waals surface area contributed by atoms with Crippen LogP contribution in [0.1, 0.15) is 0 Å². The Morgan fingerprint density at radius 3 is 2.48 bits per heavy atom. The number of methoxy groups -OCH3 is 1. The fraction of sp³-hybridized carbons (Fsp3) is 0.0769. The molecular weight excluding hydrogens is 276 g/mol. The lowest BCUT2D eigenvalue weighted by Gasteiger charge is -2.02. The summed E-state index contributed by atoms with van der Waals surface area (Å²) in [5.41, 5.74) is 5.84. The highest BCUT2D eigenvalue weighted by Gasteiger charge is 2.15. The Bertz CT molecular complexity index is 715. The molecule has 2 aromatic rings. The third-order valence-corrected chi connectivity index (χ3v) is 2.64. The van der Waals surface area contributed by atoms with Crippen LogP contribution in [0, 0.1) is 10.1 Å². The van der Waals surface area contributed by atoms with Crippen LogP contribution in [0.5, 0.6) is 11.5 Å². The number of hydrogen-bond acceptors (Lipinski definition) is 7. The molecule has 0 fully saturated rings. The van der Waals surface area contributed by atoms with Gasteiger partial charge in [0, 0.05) is 11.8 Å². The van der Waals surface area contributed by atoms with Crippen LogP contribution in [0.4, 0.5) is 22.7 Å². The van der Waals surface area contributed by atoms with Crippen LogP contribution in [0.25, 0.3) is 0 Å². The smallest absolute Gasteiger partial charge is 0.300 e. The summed E-state index contributed by atoms with van der Waals surface area (Å²) in [7, 11) is 1.41. The molecule has 8 nitrogen and oxygen atoms in total. The molecule has 0 saturated carbocycles. The zero-order valence-corrected chi connectivity index (χ0v) is 11.1. The molecule has 0 radical (unpaired) electrons. The summed E-state index contributed by atoms with van der Waals surface area (Å²) in [6.07, 6.45) is 0. The second-order valence-corrected chi connectivity index (χ2v) is 4.06. The van der Waals surface area contributed by atoms with Crippen LogP contribution in [-0.4, -0.2) is 17.1 Å². The van der Waals surface area contributed by atoms with E-state index in [-0.39, 0.29) is 22.8 Å². The van der Waals surface area contributed by atoms with E-state index in [0.717, 1.165) is 0 Å². The largest absolute Gasteiger partial charge is 0.506 e. The van der Waals surface area contributed by atoms with Gasteiger partial charge in [-0.2, -0.15) is 0 Å². The van der Waals surface area contributed by atoms with E-state index in [2.05, 4.69) is 10.2 Å². The predicted octanol–water partition coefficient (Wildman–Crippen LogP) is 3.31. The number of aromatic hydroxyl groups is 1. The third-order valence-electron chi connectivity index (χ3n) is 2.64. The molecule has 0 bridgehead atoms. The molecule has 0 aromatic heterocycles. The SMILES string of the molecule is COc1ccc(N=Nc2ccc(N)cc2O)c([N+](=O)[O-])c1. The van der Waals surface area contributed by atoms with E-state index in [0.29, 0.717) is 11.4 Å². The second-order valence-electron chi connectivity index (χ2n) is 4.06. The van der Waals surface area contributed by atoms with Gasteiger partial charge in [0.1, 0.15) is 17.2 Å². The van der Waals surface area contributed by atoms with Crippen molar-refractivity contribution in [3.63, 3.8) is 0 Å². The molecular formula is C13H12N4O4. The molecule has 0 atom stereocenters. The molecule has 108 valence electrons. The van der Waals surface area contributed by atoms with Crippen molar-refractivity contribution in [3.05, 3.63) is 46.5 Å². The van der Waals surface area contributed by atoms with Crippen molar-refractivity contribution in [1.82, 2.24) is 0 Å². The Kier molecular flexibility index (Phi) is 3.98. The van der Waals surface area contributed by atoms with Crippen molar-refractivity contribution in [3.8, 4) is 11.5 Å². The first-order valence-corrected chi connectivity index (χ1v) is 5.84. The minimum absolute atomic E-state index is 0.0528. The highest BCUT2D eigenvalue weighted by Crippen LogP contribution is 2.34. The molecule has 0 aliphatic rings. The Morgan fingerprint density at radius 2 is 1.86 bits per heavy atom. The van der Waals surface area contributed by atoms with Crippen LogP contribution in [0.2, 0.25) is 0 Å². The maximum Gasteiger partial charge on any atom is 0.300 e. The number of nitro benzene ring substituents is 1. The topological polar surface area (TPSA) is 123 Å². The molecule has 0 saturated heterocycles. The number of nitrogens with zero attached hydrogens (tertiary/aromatic N) is 3. The summed E-state index contributed by atoms with van der Waals surface area (Å²) in [6.45, 7) is 0. The standard InChI is InChI=1S/C13H12N4O4/c1-21-9-3-5-10(12(7-9)17(19)20)15-16-11-4-2-8(14)6-13(11)18/h2-7,18H,14H2,1H3. The first-order valence-electron chi connectivity index (χ1n) is 5.84. The number of azo groups is 1. The van der Waals surface area contributed by atoms with Crippen molar-refractivity contribution in [2.75, 3.05) is 12.8 Å². The lowest BCUT2D eigenvalue weighted by molar-refractivity contribution is -0.384. The van der Waals surface area contributed by atoms with Crippen LogP contribution in [0.3, 0.4) is 0 Å². The van der Waals surface area contributed by atoms with E-state index < -0.39 is 4.92 Å². The summed E-state index contributed by atoms with van der Waals surface area (Å²) in [6, 6.07) is 8.51. The van der Waals surface area contributed by atoms with Gasteiger partial charge in [-0.1, -0.05) is 0 Å². The summed E-state index contributed by atoms with van der Waals surface area (Å²) in [5.74, 6) is 0.186. The lowest BCUT2D eigenvalue weighted by atomic mass is 10.2. The fourth-order valence-electron chi connectivity index (χ4n) is 1.59. The van der Waals surface area contributed by atoms with Crippen LogP contribution in [0.15, 0.2) is 46.6 Å². The number of nitrogens with two attached hydrogens (primary N) is 1. The molecule has 0 aliphatic carbocycles. The average molecular weight is 288 g/mol. The maximum atomic E-state index is 11.0. The van der Waals surface area contributed by atoms with Gasteiger partial charge in [0.25, 0.3) is 5.69 Å². The third kappa shape index (κ3) is 3.24. The number of hydrogen-bond donors (Lipinski definition) is 2. The van der Waals surface area contributed by atoms with Crippen LogP contribution in [-0.2, 0) is 0 Å². The number of nitro groups is 1. The zero-order chi connectivity index (χ0) is 15.4. The van der Waals surface area contributed by atoms with E-state index in [9.17, 15) is 15.2 Å². The number of rotatable bonds is 4. The van der Waals surface area contributed by atoms with Crippen molar-refractivity contribution >= 4 is 22.7 Å². The zero-order valence-electron chi connectivity index (χ0n) is 11.1. The van der Waals surface area contributed by atoms with Gasteiger partial charge in [0.05, 0.1) is 18.1 Å². The summed E-state index contributed by atoms with van der Waals surface area (Å²) in [5, 5.41) is 28.2. The Labute approximate surface area is 119 Å². The van der Waals surface area contributed by atoms with Crippen molar-refractivity contribution in [1.29, 1.82) is 0 Å². The minimum atomic E-state index is -0.584. The number of ether oxygens (including phenoxy) is 1. The van der Waals surface area contributed by atoms with E-state index in [1.165, 1.54) is 43.5 Å². The van der Waals surface area contributed by atoms with E-state index in [1.54, 1.807) is 0 Å². The quantitative estimate of drug-likeness (QED) is 0.386. The Hall–Kier alpha value is -3.16. The van der Waals surface area contributed by atoms with Crippen LogP contribution >= 0.6 is 0 Å². The minimum Gasteiger partial charge on any atom is -0.506 e.